The van der Waals surface area contributed by atoms with Gasteiger partial charge >= 0.3 is 0 Å². The molecular formula is C16H20N4O. The van der Waals surface area contributed by atoms with Crippen LogP contribution < -0.4 is 10.5 Å². The molecule has 0 bridgehead atoms. The van der Waals surface area contributed by atoms with Gasteiger partial charge in [-0.15, -0.1) is 0 Å². The van der Waals surface area contributed by atoms with Crippen LogP contribution in [0, 0.1) is 0 Å². The fourth-order valence-corrected chi connectivity index (χ4v) is 2.23. The Balaban J connectivity index is 1.66. The third-order valence-electron chi connectivity index (χ3n) is 3.62. The van der Waals surface area contributed by atoms with Crippen molar-refractivity contribution in [3.8, 4) is 17.3 Å². The van der Waals surface area contributed by atoms with Crippen LogP contribution in [0.3, 0.4) is 0 Å². The first-order valence-corrected chi connectivity index (χ1v) is 7.25. The summed E-state index contributed by atoms with van der Waals surface area (Å²) in [5.74, 6) is 1.56. The molecule has 2 aromatic rings. The van der Waals surface area contributed by atoms with Crippen LogP contribution in [0.1, 0.15) is 12.8 Å². The minimum absolute atomic E-state index is 0.425. The standard InChI is InChI=1S/C16H20N4O/c1-20(13-7-8-13)9-10-21-15-11-14(17)18-16(19-15)12-5-3-2-4-6-12/h2-6,11,13H,7-10H2,1H3,(H2,17,18,19). The number of nitrogens with two attached hydrogens (primary N) is 1. The Morgan fingerprint density at radius 3 is 2.71 bits per heavy atom. The highest BCUT2D eigenvalue weighted by Crippen LogP contribution is 2.25. The summed E-state index contributed by atoms with van der Waals surface area (Å²) in [5, 5.41) is 0. The van der Waals surface area contributed by atoms with Crippen LogP contribution in [0.2, 0.25) is 0 Å². The summed E-state index contributed by atoms with van der Waals surface area (Å²) in [4.78, 5) is 11.0. The third-order valence-corrected chi connectivity index (χ3v) is 3.62. The van der Waals surface area contributed by atoms with Crippen LogP contribution in [-0.2, 0) is 0 Å². The summed E-state index contributed by atoms with van der Waals surface area (Å²) in [6.45, 7) is 1.51. The van der Waals surface area contributed by atoms with Gasteiger partial charge < -0.3 is 15.4 Å². The number of aromatic nitrogens is 2. The van der Waals surface area contributed by atoms with Gasteiger partial charge in [-0.1, -0.05) is 30.3 Å². The van der Waals surface area contributed by atoms with Crippen molar-refractivity contribution in [2.24, 2.45) is 0 Å². The summed E-state index contributed by atoms with van der Waals surface area (Å²) >= 11 is 0. The van der Waals surface area contributed by atoms with E-state index in [0.717, 1.165) is 18.2 Å². The zero-order chi connectivity index (χ0) is 14.7. The first-order valence-electron chi connectivity index (χ1n) is 7.25. The number of nitrogen functional groups attached to an aromatic ring is 1. The molecule has 3 rings (SSSR count). The molecule has 1 fully saturated rings. The van der Waals surface area contributed by atoms with E-state index in [2.05, 4.69) is 21.9 Å². The van der Waals surface area contributed by atoms with E-state index in [9.17, 15) is 0 Å². The molecule has 1 aliphatic rings. The molecule has 0 spiro atoms. The summed E-state index contributed by atoms with van der Waals surface area (Å²) in [6, 6.07) is 12.2. The van der Waals surface area contributed by atoms with Crippen LogP contribution in [0.15, 0.2) is 36.4 Å². The van der Waals surface area contributed by atoms with Crippen LogP contribution in [0.5, 0.6) is 5.88 Å². The molecule has 1 aliphatic carbocycles. The van der Waals surface area contributed by atoms with Crippen molar-refractivity contribution in [3.05, 3.63) is 36.4 Å². The molecule has 5 nitrogen and oxygen atoms in total. The second-order valence-corrected chi connectivity index (χ2v) is 5.38. The van der Waals surface area contributed by atoms with Crippen LogP contribution in [0.4, 0.5) is 5.82 Å². The maximum Gasteiger partial charge on any atom is 0.219 e. The highest BCUT2D eigenvalue weighted by atomic mass is 16.5. The third kappa shape index (κ3) is 3.70. The van der Waals surface area contributed by atoms with Gasteiger partial charge in [-0.2, -0.15) is 4.98 Å². The molecule has 110 valence electrons. The average Bonchev–Trinajstić information content (AvgIpc) is 3.32. The fourth-order valence-electron chi connectivity index (χ4n) is 2.23. The molecule has 0 amide bonds. The van der Waals surface area contributed by atoms with Gasteiger partial charge in [0.2, 0.25) is 5.88 Å². The average molecular weight is 284 g/mol. The minimum atomic E-state index is 0.425. The first-order chi connectivity index (χ1) is 10.2. The molecule has 1 aromatic carbocycles. The van der Waals surface area contributed by atoms with Crippen molar-refractivity contribution in [2.45, 2.75) is 18.9 Å². The van der Waals surface area contributed by atoms with E-state index < -0.39 is 0 Å². The number of anilines is 1. The molecule has 0 unspecified atom stereocenters. The summed E-state index contributed by atoms with van der Waals surface area (Å²) in [5.41, 5.74) is 6.78. The highest BCUT2D eigenvalue weighted by Gasteiger charge is 2.25. The second kappa shape index (κ2) is 6.10. The van der Waals surface area contributed by atoms with Gasteiger partial charge in [-0.25, -0.2) is 4.98 Å². The second-order valence-electron chi connectivity index (χ2n) is 5.38. The van der Waals surface area contributed by atoms with E-state index in [1.165, 1.54) is 12.8 Å². The van der Waals surface area contributed by atoms with E-state index in [1.54, 1.807) is 6.07 Å². The SMILES string of the molecule is CN(CCOc1cc(N)nc(-c2ccccc2)n1)C1CC1. The Labute approximate surface area is 124 Å². The van der Waals surface area contributed by atoms with Gasteiger partial charge in [0.05, 0.1) is 0 Å². The summed E-state index contributed by atoms with van der Waals surface area (Å²) < 4.78 is 5.72. The maximum atomic E-state index is 5.84. The van der Waals surface area contributed by atoms with E-state index in [-0.39, 0.29) is 0 Å². The molecule has 0 saturated heterocycles. The van der Waals surface area contributed by atoms with Crippen molar-refractivity contribution in [1.29, 1.82) is 0 Å². The van der Waals surface area contributed by atoms with Crippen LogP contribution in [0.25, 0.3) is 11.4 Å². The molecule has 2 N–H and O–H groups in total. The Bertz CT molecular complexity index is 598. The first kappa shape index (κ1) is 13.8. The van der Waals surface area contributed by atoms with Crippen molar-refractivity contribution in [3.63, 3.8) is 0 Å². The monoisotopic (exact) mass is 284 g/mol. The molecule has 0 atom stereocenters. The summed E-state index contributed by atoms with van der Waals surface area (Å²) in [6.07, 6.45) is 2.60. The minimum Gasteiger partial charge on any atom is -0.476 e. The number of likely N-dealkylation sites (N-methyl/N-ethyl adjacent to an activating group) is 1. The number of nitrogens with zero attached hydrogens (tertiary/aromatic N) is 3. The van der Waals surface area contributed by atoms with Crippen molar-refractivity contribution >= 4 is 5.82 Å². The molecule has 1 saturated carbocycles. The Kier molecular flexibility index (Phi) is 4.01. The van der Waals surface area contributed by atoms with Gasteiger partial charge in [-0.05, 0) is 19.9 Å². The molecule has 1 aromatic heterocycles. The molecule has 0 aliphatic heterocycles. The van der Waals surface area contributed by atoms with Gasteiger partial charge in [0.1, 0.15) is 12.4 Å². The van der Waals surface area contributed by atoms with E-state index >= 15 is 0 Å². The Morgan fingerprint density at radius 2 is 2.00 bits per heavy atom. The number of benzene rings is 1. The number of hydrogen-bond donors (Lipinski definition) is 1. The maximum absolute atomic E-state index is 5.84. The van der Waals surface area contributed by atoms with Gasteiger partial charge in [0.25, 0.3) is 0 Å². The number of hydrogen-bond acceptors (Lipinski definition) is 5. The molecule has 21 heavy (non-hydrogen) atoms. The van der Waals surface area contributed by atoms with E-state index in [0.29, 0.717) is 24.1 Å². The largest absolute Gasteiger partial charge is 0.476 e. The van der Waals surface area contributed by atoms with Gasteiger partial charge in [0.15, 0.2) is 5.82 Å². The fraction of sp³-hybridized carbons (Fsp3) is 0.375. The lowest BCUT2D eigenvalue weighted by Gasteiger charge is -2.15. The van der Waals surface area contributed by atoms with Gasteiger partial charge in [0, 0.05) is 24.2 Å². The van der Waals surface area contributed by atoms with Crippen molar-refractivity contribution < 1.29 is 4.74 Å². The quantitative estimate of drug-likeness (QED) is 0.881. The zero-order valence-electron chi connectivity index (χ0n) is 12.2. The Hall–Kier alpha value is -2.14. The molecule has 5 heteroatoms. The molecule has 0 radical (unpaired) electrons. The lowest BCUT2D eigenvalue weighted by atomic mass is 10.2. The highest BCUT2D eigenvalue weighted by molar-refractivity contribution is 5.57. The zero-order valence-corrected chi connectivity index (χ0v) is 12.2. The lowest BCUT2D eigenvalue weighted by molar-refractivity contribution is 0.226. The summed E-state index contributed by atoms with van der Waals surface area (Å²) in [7, 11) is 2.13. The molecular weight excluding hydrogens is 264 g/mol. The molecule has 1 heterocycles. The topological polar surface area (TPSA) is 64.3 Å². The van der Waals surface area contributed by atoms with E-state index in [1.807, 2.05) is 30.3 Å². The van der Waals surface area contributed by atoms with Gasteiger partial charge in [-0.3, -0.25) is 0 Å². The Morgan fingerprint density at radius 1 is 1.24 bits per heavy atom. The van der Waals surface area contributed by atoms with Crippen molar-refractivity contribution in [2.75, 3.05) is 25.9 Å². The van der Waals surface area contributed by atoms with Crippen LogP contribution in [-0.4, -0.2) is 41.1 Å². The van der Waals surface area contributed by atoms with E-state index in [4.69, 9.17) is 10.5 Å². The number of ether oxygens (including phenoxy) is 1. The smallest absolute Gasteiger partial charge is 0.219 e. The van der Waals surface area contributed by atoms with Crippen LogP contribution >= 0.6 is 0 Å². The predicted molar refractivity (Wildman–Crippen MR) is 83.0 cm³/mol. The lowest BCUT2D eigenvalue weighted by Crippen LogP contribution is -2.26. The predicted octanol–water partition coefficient (Wildman–Crippen LogP) is 2.20. The number of rotatable bonds is 6. The normalized spacial score (nSPS) is 14.4. The van der Waals surface area contributed by atoms with Crippen molar-refractivity contribution in [1.82, 2.24) is 14.9 Å².